The van der Waals surface area contributed by atoms with Crippen LogP contribution in [0.2, 0.25) is 0 Å². The lowest BCUT2D eigenvalue weighted by molar-refractivity contribution is -0.137. The summed E-state index contributed by atoms with van der Waals surface area (Å²) in [7, 11) is 0. The third-order valence-corrected chi connectivity index (χ3v) is 5.07. The molecule has 34 heavy (non-hydrogen) atoms. The van der Waals surface area contributed by atoms with Crippen molar-refractivity contribution in [2.45, 2.75) is 33.2 Å². The molecule has 7 nitrogen and oxygen atoms in total. The van der Waals surface area contributed by atoms with Crippen molar-refractivity contribution in [2.24, 2.45) is 0 Å². The first-order chi connectivity index (χ1) is 15.2. The fourth-order valence-corrected chi connectivity index (χ4v) is 3.51. The number of hydrogen-bond acceptors (Lipinski definition) is 4. The van der Waals surface area contributed by atoms with Gasteiger partial charge in [-0.05, 0) is 43.3 Å². The van der Waals surface area contributed by atoms with Crippen LogP contribution in [0.5, 0.6) is 0 Å². The Hall–Kier alpha value is -3.41. The molecule has 0 radical (unpaired) electrons. The molecule has 2 amide bonds. The smallest absolute Gasteiger partial charge is 0.322 e. The summed E-state index contributed by atoms with van der Waals surface area (Å²) in [4.78, 5) is 31.1. The molecule has 0 unspecified atom stereocenters. The SMILES string of the molecule is C.C[C@H]1CN(c2ccc(C(F)(F)F)cc2)C(=O)c2c(C(=O)Nc3ccnc(CF)c3)cnn21.S. The molecule has 1 aliphatic rings. The van der Waals surface area contributed by atoms with Gasteiger partial charge in [-0.1, -0.05) is 7.43 Å². The number of nitrogens with zero attached hydrogens (tertiary/aromatic N) is 4. The van der Waals surface area contributed by atoms with E-state index in [-0.39, 0.29) is 56.1 Å². The number of anilines is 2. The van der Waals surface area contributed by atoms with Gasteiger partial charge in [-0.25, -0.2) is 4.39 Å². The van der Waals surface area contributed by atoms with E-state index in [1.165, 1.54) is 46.2 Å². The van der Waals surface area contributed by atoms with E-state index in [2.05, 4.69) is 15.4 Å². The van der Waals surface area contributed by atoms with Gasteiger partial charge in [0.15, 0.2) is 0 Å². The number of carbonyl (C=O) groups is 2. The van der Waals surface area contributed by atoms with Crippen LogP contribution >= 0.6 is 13.5 Å². The number of benzene rings is 1. The van der Waals surface area contributed by atoms with Crippen molar-refractivity contribution in [3.8, 4) is 0 Å². The molecule has 0 fully saturated rings. The van der Waals surface area contributed by atoms with Crippen LogP contribution in [-0.4, -0.2) is 33.1 Å². The summed E-state index contributed by atoms with van der Waals surface area (Å²) in [6.07, 6.45) is -1.89. The number of halogens is 4. The predicted octanol–water partition coefficient (Wildman–Crippen LogP) is 4.99. The Morgan fingerprint density at radius 2 is 1.88 bits per heavy atom. The largest absolute Gasteiger partial charge is 0.416 e. The number of rotatable bonds is 4. The summed E-state index contributed by atoms with van der Waals surface area (Å²) in [6.45, 7) is 1.15. The number of nitrogens with one attached hydrogen (secondary N) is 1. The number of amides is 2. The van der Waals surface area contributed by atoms with Crippen molar-refractivity contribution in [1.29, 1.82) is 0 Å². The van der Waals surface area contributed by atoms with Crippen LogP contribution in [0.1, 0.15) is 52.5 Å². The van der Waals surface area contributed by atoms with Crippen molar-refractivity contribution in [3.05, 3.63) is 71.3 Å². The summed E-state index contributed by atoms with van der Waals surface area (Å²) in [5.74, 6) is -1.19. The van der Waals surface area contributed by atoms with Gasteiger partial charge in [0, 0.05) is 24.1 Å². The van der Waals surface area contributed by atoms with Crippen molar-refractivity contribution in [1.82, 2.24) is 14.8 Å². The van der Waals surface area contributed by atoms with Crippen LogP contribution in [0.4, 0.5) is 28.9 Å². The highest BCUT2D eigenvalue weighted by Crippen LogP contribution is 2.33. The van der Waals surface area contributed by atoms with E-state index >= 15 is 0 Å². The van der Waals surface area contributed by atoms with Gasteiger partial charge in [0.2, 0.25) is 0 Å². The van der Waals surface area contributed by atoms with Crippen LogP contribution in [-0.2, 0) is 12.9 Å². The minimum Gasteiger partial charge on any atom is -0.322 e. The highest BCUT2D eigenvalue weighted by atomic mass is 32.1. The quantitative estimate of drug-likeness (QED) is 0.515. The molecule has 0 aliphatic carbocycles. The number of alkyl halides is 4. The number of carbonyl (C=O) groups excluding carboxylic acids is 2. The molecule has 3 aromatic rings. The fourth-order valence-electron chi connectivity index (χ4n) is 3.51. The van der Waals surface area contributed by atoms with Gasteiger partial charge in [0.05, 0.1) is 29.1 Å². The summed E-state index contributed by atoms with van der Waals surface area (Å²) in [5, 5.41) is 6.73. The van der Waals surface area contributed by atoms with Gasteiger partial charge < -0.3 is 10.2 Å². The van der Waals surface area contributed by atoms with Gasteiger partial charge in [0.1, 0.15) is 12.4 Å². The van der Waals surface area contributed by atoms with Crippen LogP contribution in [0, 0.1) is 0 Å². The molecule has 1 aliphatic heterocycles. The lowest BCUT2D eigenvalue weighted by Gasteiger charge is -2.32. The van der Waals surface area contributed by atoms with E-state index in [1.54, 1.807) is 6.92 Å². The van der Waals surface area contributed by atoms with Gasteiger partial charge in [0.25, 0.3) is 11.8 Å². The lowest BCUT2D eigenvalue weighted by atomic mass is 10.1. The average molecular weight is 498 g/mol. The molecule has 4 rings (SSSR count). The Bertz CT molecular complexity index is 1180. The van der Waals surface area contributed by atoms with Crippen molar-refractivity contribution in [2.75, 3.05) is 16.8 Å². The van der Waals surface area contributed by atoms with Crippen molar-refractivity contribution in [3.63, 3.8) is 0 Å². The molecule has 0 saturated carbocycles. The second kappa shape index (κ2) is 10.2. The molecule has 0 bridgehead atoms. The predicted molar refractivity (Wildman–Crippen MR) is 124 cm³/mol. The zero-order valence-corrected chi connectivity index (χ0v) is 18.2. The summed E-state index contributed by atoms with van der Waals surface area (Å²) < 4.78 is 52.8. The zero-order valence-electron chi connectivity index (χ0n) is 17.2. The first kappa shape index (κ1) is 26.8. The Morgan fingerprint density at radius 3 is 2.50 bits per heavy atom. The summed E-state index contributed by atoms with van der Waals surface area (Å²) in [6, 6.07) is 6.75. The highest BCUT2D eigenvalue weighted by Gasteiger charge is 2.36. The Balaban J connectivity index is 0.00000204. The van der Waals surface area contributed by atoms with E-state index in [4.69, 9.17) is 0 Å². The maximum Gasteiger partial charge on any atom is 0.416 e. The van der Waals surface area contributed by atoms with E-state index in [1.807, 2.05) is 0 Å². The highest BCUT2D eigenvalue weighted by molar-refractivity contribution is 7.59. The number of aromatic nitrogens is 3. The van der Waals surface area contributed by atoms with Gasteiger partial charge in [-0.2, -0.15) is 31.8 Å². The lowest BCUT2D eigenvalue weighted by Crippen LogP contribution is -2.43. The van der Waals surface area contributed by atoms with E-state index in [9.17, 15) is 27.2 Å². The number of hydrogen-bond donors (Lipinski definition) is 1. The average Bonchev–Trinajstić information content (AvgIpc) is 3.22. The van der Waals surface area contributed by atoms with Crippen LogP contribution in [0.15, 0.2) is 48.8 Å². The van der Waals surface area contributed by atoms with Gasteiger partial charge in [-0.15, -0.1) is 0 Å². The van der Waals surface area contributed by atoms with E-state index in [0.29, 0.717) is 5.69 Å². The summed E-state index contributed by atoms with van der Waals surface area (Å²) in [5.41, 5.74) is -0.103. The van der Waals surface area contributed by atoms with Gasteiger partial charge in [-0.3, -0.25) is 19.3 Å². The molecule has 1 atom stereocenters. The molecule has 1 N–H and O–H groups in total. The molecule has 0 saturated heterocycles. The normalized spacial score (nSPS) is 15.1. The topological polar surface area (TPSA) is 80.1 Å². The second-order valence-electron chi connectivity index (χ2n) is 7.28. The molecule has 182 valence electrons. The Labute approximate surface area is 200 Å². The standard InChI is InChI=1S/C21H17F4N5O2.CH4.H2S/c1-12-11-29(16-4-2-13(3-5-16)21(23,24)25)20(32)18-17(10-27-30(12)18)19(31)28-14-6-7-26-15(8-14)9-22;;/h2-8,10,12H,9,11H2,1H3,(H,26,28,31);1H4;1H2/t12-;;/m0../s1. The Kier molecular flexibility index (Phi) is 8.09. The maximum absolute atomic E-state index is 13.2. The fraction of sp³-hybridized carbons (Fsp3) is 0.273. The minimum absolute atomic E-state index is 0. The first-order valence-electron chi connectivity index (χ1n) is 9.58. The third-order valence-electron chi connectivity index (χ3n) is 5.07. The van der Waals surface area contributed by atoms with Gasteiger partial charge >= 0.3 is 6.18 Å². The molecule has 2 aromatic heterocycles. The second-order valence-corrected chi connectivity index (χ2v) is 7.28. The van der Waals surface area contributed by atoms with Crippen molar-refractivity contribution < 1.29 is 27.2 Å². The Morgan fingerprint density at radius 1 is 1.21 bits per heavy atom. The van der Waals surface area contributed by atoms with E-state index < -0.39 is 30.2 Å². The molecule has 3 heterocycles. The molecular weight excluding hydrogens is 474 g/mol. The molecule has 1 aromatic carbocycles. The molecular formula is C22H23F4N5O2S. The summed E-state index contributed by atoms with van der Waals surface area (Å²) >= 11 is 0. The monoisotopic (exact) mass is 497 g/mol. The minimum atomic E-state index is -4.49. The van der Waals surface area contributed by atoms with E-state index in [0.717, 1.165) is 12.1 Å². The zero-order chi connectivity index (χ0) is 23.0. The maximum atomic E-state index is 13.2. The molecule has 12 heteroatoms. The molecule has 0 spiro atoms. The number of fused-ring (bicyclic) bond motifs is 1. The van der Waals surface area contributed by atoms with Crippen LogP contribution < -0.4 is 10.2 Å². The van der Waals surface area contributed by atoms with Crippen LogP contribution in [0.25, 0.3) is 0 Å². The third kappa shape index (κ3) is 5.06. The van der Waals surface area contributed by atoms with Crippen LogP contribution in [0.3, 0.4) is 0 Å². The number of pyridine rings is 1. The first-order valence-corrected chi connectivity index (χ1v) is 9.58. The van der Waals surface area contributed by atoms with Crippen molar-refractivity contribution >= 4 is 36.7 Å².